The molecule has 1 aliphatic heterocycles. The maximum atomic E-state index is 12.1. The Hall–Kier alpha value is -1.09. The van der Waals surface area contributed by atoms with Crippen LogP contribution in [-0.4, -0.2) is 14.2 Å². The Morgan fingerprint density at radius 1 is 1.06 bits per heavy atom. The first kappa shape index (κ1) is 11.4. The van der Waals surface area contributed by atoms with Crippen LogP contribution >= 0.6 is 0 Å². The average molecular weight is 236 g/mol. The Morgan fingerprint density at radius 2 is 1.81 bits per heavy atom. The van der Waals surface area contributed by atoms with Crippen LogP contribution < -0.4 is 0 Å². The minimum Gasteiger partial charge on any atom is -0.228 e. The van der Waals surface area contributed by atoms with E-state index in [0.29, 0.717) is 12.2 Å². The zero-order chi connectivity index (χ0) is 11.4. The van der Waals surface area contributed by atoms with Crippen LogP contribution in [0.4, 0.5) is 0 Å². The Morgan fingerprint density at radius 3 is 2.56 bits per heavy atom. The summed E-state index contributed by atoms with van der Waals surface area (Å²) in [5.74, 6) is 0.302. The van der Waals surface area contributed by atoms with Crippen molar-refractivity contribution in [2.75, 3.05) is 5.75 Å². The Balaban J connectivity index is 2.36. The molecule has 0 bridgehead atoms. The van der Waals surface area contributed by atoms with E-state index < -0.39 is 9.84 Å². The molecule has 1 heterocycles. The lowest BCUT2D eigenvalue weighted by molar-refractivity contribution is 0.578. The molecular weight excluding hydrogens is 220 g/mol. The van der Waals surface area contributed by atoms with Crippen molar-refractivity contribution in [3.8, 4) is 0 Å². The SMILES string of the molecule is O=S1(=O)CCC/C=C\CC1c1ccccc1. The first-order valence-electron chi connectivity index (χ1n) is 5.62. The van der Waals surface area contributed by atoms with Crippen molar-refractivity contribution in [2.45, 2.75) is 24.5 Å². The van der Waals surface area contributed by atoms with Crippen molar-refractivity contribution in [3.05, 3.63) is 48.0 Å². The smallest absolute Gasteiger partial charge is 0.157 e. The molecule has 86 valence electrons. The fourth-order valence-corrected chi connectivity index (χ4v) is 3.87. The summed E-state index contributed by atoms with van der Waals surface area (Å²) in [6, 6.07) is 9.50. The molecule has 2 nitrogen and oxygen atoms in total. The van der Waals surface area contributed by atoms with E-state index in [1.807, 2.05) is 36.4 Å². The van der Waals surface area contributed by atoms with Crippen LogP contribution in [0.5, 0.6) is 0 Å². The van der Waals surface area contributed by atoms with Crippen molar-refractivity contribution in [2.24, 2.45) is 0 Å². The summed E-state index contributed by atoms with van der Waals surface area (Å²) in [4.78, 5) is 0. The number of allylic oxidation sites excluding steroid dienone is 2. The van der Waals surface area contributed by atoms with Crippen molar-refractivity contribution in [1.82, 2.24) is 0 Å². The van der Waals surface area contributed by atoms with Crippen LogP contribution in [0.3, 0.4) is 0 Å². The topological polar surface area (TPSA) is 34.1 Å². The number of sulfone groups is 1. The lowest BCUT2D eigenvalue weighted by Crippen LogP contribution is -2.17. The molecule has 3 heteroatoms. The third kappa shape index (κ3) is 2.53. The zero-order valence-electron chi connectivity index (χ0n) is 9.17. The molecule has 0 saturated carbocycles. The van der Waals surface area contributed by atoms with Crippen LogP contribution in [0.1, 0.15) is 30.1 Å². The maximum absolute atomic E-state index is 12.1. The van der Waals surface area contributed by atoms with E-state index in [9.17, 15) is 8.42 Å². The van der Waals surface area contributed by atoms with Gasteiger partial charge in [0.05, 0.1) is 11.0 Å². The monoisotopic (exact) mass is 236 g/mol. The molecule has 2 rings (SSSR count). The predicted molar refractivity (Wildman–Crippen MR) is 66.0 cm³/mol. The minimum absolute atomic E-state index is 0.302. The highest BCUT2D eigenvalue weighted by Crippen LogP contribution is 2.29. The third-order valence-corrected chi connectivity index (χ3v) is 5.11. The van der Waals surface area contributed by atoms with Gasteiger partial charge in [-0.2, -0.15) is 0 Å². The number of rotatable bonds is 1. The van der Waals surface area contributed by atoms with Gasteiger partial charge in [-0.3, -0.25) is 0 Å². The van der Waals surface area contributed by atoms with Crippen LogP contribution in [-0.2, 0) is 9.84 Å². The van der Waals surface area contributed by atoms with Crippen LogP contribution in [0.2, 0.25) is 0 Å². The second kappa shape index (κ2) is 4.83. The molecule has 1 aromatic carbocycles. The zero-order valence-corrected chi connectivity index (χ0v) is 9.99. The molecule has 0 aliphatic carbocycles. The van der Waals surface area contributed by atoms with Crippen LogP contribution in [0.25, 0.3) is 0 Å². The van der Waals surface area contributed by atoms with E-state index in [2.05, 4.69) is 6.08 Å². The molecule has 16 heavy (non-hydrogen) atoms. The quantitative estimate of drug-likeness (QED) is 0.703. The van der Waals surface area contributed by atoms with Gasteiger partial charge in [0.15, 0.2) is 9.84 Å². The number of hydrogen-bond donors (Lipinski definition) is 0. The summed E-state index contributed by atoms with van der Waals surface area (Å²) in [5.41, 5.74) is 0.911. The van der Waals surface area contributed by atoms with Gasteiger partial charge in [-0.05, 0) is 24.8 Å². The van der Waals surface area contributed by atoms with Gasteiger partial charge in [0.1, 0.15) is 0 Å². The normalized spacial score (nSPS) is 26.6. The van der Waals surface area contributed by atoms with E-state index in [1.165, 1.54) is 0 Å². The third-order valence-electron chi connectivity index (χ3n) is 2.92. The standard InChI is InChI=1S/C13H16O2S/c14-16(15)11-7-2-1-6-10-13(16)12-8-4-3-5-9-12/h1,3-6,8-9,13H,2,7,10-11H2/b6-1-. The summed E-state index contributed by atoms with van der Waals surface area (Å²) >= 11 is 0. The Kier molecular flexibility index (Phi) is 3.44. The number of benzene rings is 1. The second-order valence-corrected chi connectivity index (χ2v) is 6.42. The van der Waals surface area contributed by atoms with Gasteiger partial charge < -0.3 is 0 Å². The largest absolute Gasteiger partial charge is 0.228 e. The molecule has 0 aromatic heterocycles. The fraction of sp³-hybridized carbons (Fsp3) is 0.385. The van der Waals surface area contributed by atoms with Gasteiger partial charge in [0, 0.05) is 0 Å². The minimum atomic E-state index is -2.99. The van der Waals surface area contributed by atoms with E-state index in [0.717, 1.165) is 18.4 Å². The van der Waals surface area contributed by atoms with E-state index >= 15 is 0 Å². The molecule has 0 amide bonds. The molecular formula is C13H16O2S. The van der Waals surface area contributed by atoms with Crippen LogP contribution in [0, 0.1) is 0 Å². The highest BCUT2D eigenvalue weighted by Gasteiger charge is 2.26. The molecule has 0 N–H and O–H groups in total. The van der Waals surface area contributed by atoms with Gasteiger partial charge in [0.25, 0.3) is 0 Å². The van der Waals surface area contributed by atoms with Crippen molar-refractivity contribution in [3.63, 3.8) is 0 Å². The van der Waals surface area contributed by atoms with Crippen molar-refractivity contribution in [1.29, 1.82) is 0 Å². The van der Waals surface area contributed by atoms with Gasteiger partial charge in [-0.15, -0.1) is 0 Å². The summed E-state index contributed by atoms with van der Waals surface area (Å²) in [6.45, 7) is 0. The van der Waals surface area contributed by atoms with E-state index in [1.54, 1.807) is 0 Å². The maximum Gasteiger partial charge on any atom is 0.157 e. The molecule has 1 atom stereocenters. The van der Waals surface area contributed by atoms with E-state index in [-0.39, 0.29) is 5.25 Å². The molecule has 0 saturated heterocycles. The second-order valence-electron chi connectivity index (χ2n) is 4.12. The van der Waals surface area contributed by atoms with Crippen LogP contribution in [0.15, 0.2) is 42.5 Å². The fourth-order valence-electron chi connectivity index (χ4n) is 2.04. The Bertz CT molecular complexity index is 460. The first-order valence-corrected chi connectivity index (χ1v) is 7.33. The molecule has 1 aromatic rings. The Labute approximate surface area is 96.9 Å². The van der Waals surface area contributed by atoms with Gasteiger partial charge in [0.2, 0.25) is 0 Å². The summed E-state index contributed by atoms with van der Waals surface area (Å²) < 4.78 is 24.2. The summed E-state index contributed by atoms with van der Waals surface area (Å²) in [6.07, 6.45) is 6.30. The molecule has 1 unspecified atom stereocenters. The van der Waals surface area contributed by atoms with E-state index in [4.69, 9.17) is 0 Å². The summed E-state index contributed by atoms with van der Waals surface area (Å²) in [7, 11) is -2.99. The van der Waals surface area contributed by atoms with Gasteiger partial charge >= 0.3 is 0 Å². The molecule has 1 aliphatic rings. The lowest BCUT2D eigenvalue weighted by atomic mass is 10.1. The predicted octanol–water partition coefficient (Wildman–Crippen LogP) is 2.88. The molecule has 0 fully saturated rings. The lowest BCUT2D eigenvalue weighted by Gasteiger charge is -2.18. The number of hydrogen-bond acceptors (Lipinski definition) is 2. The van der Waals surface area contributed by atoms with Gasteiger partial charge in [-0.25, -0.2) is 8.42 Å². The van der Waals surface area contributed by atoms with Crippen molar-refractivity contribution >= 4 is 9.84 Å². The highest BCUT2D eigenvalue weighted by molar-refractivity contribution is 7.91. The van der Waals surface area contributed by atoms with Gasteiger partial charge in [-0.1, -0.05) is 42.5 Å². The highest BCUT2D eigenvalue weighted by atomic mass is 32.2. The average Bonchev–Trinajstić information content (AvgIpc) is 2.26. The first-order chi connectivity index (χ1) is 7.70. The molecule has 0 spiro atoms. The molecule has 0 radical (unpaired) electrons. The van der Waals surface area contributed by atoms with Crippen molar-refractivity contribution < 1.29 is 8.42 Å². The summed E-state index contributed by atoms with van der Waals surface area (Å²) in [5, 5.41) is -0.356.